The summed E-state index contributed by atoms with van der Waals surface area (Å²) in [7, 11) is 0. The van der Waals surface area contributed by atoms with Gasteiger partial charge in [0.25, 0.3) is 0 Å². The van der Waals surface area contributed by atoms with Crippen molar-refractivity contribution in [2.45, 2.75) is 44.8 Å². The molecule has 2 aliphatic heterocycles. The molecule has 1 spiro atoms. The SMILES string of the molecule is Cc1ccc2c(c1)OC1(CCN[C@@H](C)C1)CC2=O. The number of rotatable bonds is 0. The lowest BCUT2D eigenvalue weighted by Gasteiger charge is -2.43. The van der Waals surface area contributed by atoms with Gasteiger partial charge in [-0.25, -0.2) is 0 Å². The van der Waals surface area contributed by atoms with Crippen molar-refractivity contribution in [2.75, 3.05) is 6.54 Å². The standard InChI is InChI=1S/C15H19NO2/c1-10-3-4-12-13(17)9-15(18-14(12)7-10)5-6-16-11(2)8-15/h3-4,7,11,16H,5-6,8-9H2,1-2H3/t11-,15?/m0/s1. The Bertz CT molecular complexity index is 497. The van der Waals surface area contributed by atoms with E-state index < -0.39 is 0 Å². The number of piperidine rings is 1. The Hall–Kier alpha value is -1.35. The molecule has 3 rings (SSSR count). The number of benzene rings is 1. The highest BCUT2D eigenvalue weighted by atomic mass is 16.5. The molecule has 1 N–H and O–H groups in total. The Morgan fingerprint density at radius 2 is 2.28 bits per heavy atom. The third kappa shape index (κ3) is 1.93. The van der Waals surface area contributed by atoms with Crippen molar-refractivity contribution in [2.24, 2.45) is 0 Å². The molecule has 0 aliphatic carbocycles. The van der Waals surface area contributed by atoms with Gasteiger partial charge < -0.3 is 10.1 Å². The van der Waals surface area contributed by atoms with Crippen molar-refractivity contribution in [3.8, 4) is 5.75 Å². The van der Waals surface area contributed by atoms with Crippen LogP contribution in [0, 0.1) is 6.92 Å². The van der Waals surface area contributed by atoms with E-state index in [1.165, 1.54) is 0 Å². The molecule has 3 heteroatoms. The maximum atomic E-state index is 12.3. The van der Waals surface area contributed by atoms with Crippen molar-refractivity contribution in [1.82, 2.24) is 5.32 Å². The average molecular weight is 245 g/mol. The van der Waals surface area contributed by atoms with E-state index in [2.05, 4.69) is 12.2 Å². The van der Waals surface area contributed by atoms with E-state index >= 15 is 0 Å². The van der Waals surface area contributed by atoms with Gasteiger partial charge in [0, 0.05) is 18.9 Å². The Morgan fingerprint density at radius 3 is 3.06 bits per heavy atom. The van der Waals surface area contributed by atoms with E-state index in [4.69, 9.17) is 4.74 Å². The molecular weight excluding hydrogens is 226 g/mol. The van der Waals surface area contributed by atoms with Crippen molar-refractivity contribution < 1.29 is 9.53 Å². The Labute approximate surface area is 108 Å². The van der Waals surface area contributed by atoms with Crippen molar-refractivity contribution >= 4 is 5.78 Å². The fourth-order valence-electron chi connectivity index (χ4n) is 3.13. The molecule has 2 atom stereocenters. The van der Waals surface area contributed by atoms with Crippen LogP contribution < -0.4 is 10.1 Å². The zero-order valence-electron chi connectivity index (χ0n) is 11.0. The predicted molar refractivity (Wildman–Crippen MR) is 70.2 cm³/mol. The molecule has 0 bridgehead atoms. The van der Waals surface area contributed by atoms with Crippen LogP contribution in [0.5, 0.6) is 5.75 Å². The van der Waals surface area contributed by atoms with Crippen LogP contribution in [-0.4, -0.2) is 24.0 Å². The lowest BCUT2D eigenvalue weighted by Crippen LogP contribution is -2.52. The summed E-state index contributed by atoms with van der Waals surface area (Å²) >= 11 is 0. The van der Waals surface area contributed by atoms with E-state index in [0.717, 1.165) is 36.3 Å². The summed E-state index contributed by atoms with van der Waals surface area (Å²) in [5.41, 5.74) is 1.61. The van der Waals surface area contributed by atoms with Gasteiger partial charge in [0.2, 0.25) is 0 Å². The highest BCUT2D eigenvalue weighted by Crippen LogP contribution is 2.39. The summed E-state index contributed by atoms with van der Waals surface area (Å²) in [6, 6.07) is 6.27. The fourth-order valence-corrected chi connectivity index (χ4v) is 3.13. The van der Waals surface area contributed by atoms with E-state index in [0.29, 0.717) is 12.5 Å². The lowest BCUT2D eigenvalue weighted by molar-refractivity contribution is 0.00872. The molecule has 18 heavy (non-hydrogen) atoms. The summed E-state index contributed by atoms with van der Waals surface area (Å²) in [6.45, 7) is 5.11. The minimum Gasteiger partial charge on any atom is -0.486 e. The zero-order valence-corrected chi connectivity index (χ0v) is 11.0. The number of ether oxygens (including phenoxy) is 1. The number of hydrogen-bond acceptors (Lipinski definition) is 3. The number of carbonyl (C=O) groups is 1. The first-order valence-electron chi connectivity index (χ1n) is 6.64. The minimum atomic E-state index is -0.275. The lowest BCUT2D eigenvalue weighted by atomic mass is 9.80. The zero-order chi connectivity index (χ0) is 12.8. The molecule has 0 saturated carbocycles. The first kappa shape index (κ1) is 11.7. The van der Waals surface area contributed by atoms with E-state index in [1.807, 2.05) is 25.1 Å². The molecule has 1 fully saturated rings. The van der Waals surface area contributed by atoms with Crippen LogP contribution in [0.3, 0.4) is 0 Å². The number of fused-ring (bicyclic) bond motifs is 1. The molecular formula is C15H19NO2. The number of Topliss-reactive ketones (excluding diaryl/α,β-unsaturated/α-hetero) is 1. The number of aryl methyl sites for hydroxylation is 1. The van der Waals surface area contributed by atoms with Gasteiger partial charge in [-0.2, -0.15) is 0 Å². The van der Waals surface area contributed by atoms with Gasteiger partial charge in [0.15, 0.2) is 5.78 Å². The van der Waals surface area contributed by atoms with Gasteiger partial charge >= 0.3 is 0 Å². The molecule has 0 amide bonds. The highest BCUT2D eigenvalue weighted by Gasteiger charge is 2.43. The minimum absolute atomic E-state index is 0.227. The monoisotopic (exact) mass is 245 g/mol. The first-order valence-corrected chi connectivity index (χ1v) is 6.64. The van der Waals surface area contributed by atoms with Crippen molar-refractivity contribution in [1.29, 1.82) is 0 Å². The smallest absolute Gasteiger partial charge is 0.170 e. The number of hydrogen-bond donors (Lipinski definition) is 1. The third-order valence-electron chi connectivity index (χ3n) is 4.00. The molecule has 2 heterocycles. The van der Waals surface area contributed by atoms with E-state index in [1.54, 1.807) is 0 Å². The molecule has 3 nitrogen and oxygen atoms in total. The van der Waals surface area contributed by atoms with E-state index in [9.17, 15) is 4.79 Å². The summed E-state index contributed by atoms with van der Waals surface area (Å²) in [5, 5.41) is 3.41. The molecule has 2 aliphatic rings. The third-order valence-corrected chi connectivity index (χ3v) is 4.00. The molecule has 0 aromatic heterocycles. The average Bonchev–Trinajstić information content (AvgIpc) is 2.27. The molecule has 0 radical (unpaired) electrons. The van der Waals surface area contributed by atoms with Gasteiger partial charge in [-0.05, 0) is 38.1 Å². The van der Waals surface area contributed by atoms with Crippen LogP contribution in [0.2, 0.25) is 0 Å². The Kier molecular flexibility index (Phi) is 2.67. The quantitative estimate of drug-likeness (QED) is 0.763. The van der Waals surface area contributed by atoms with Crippen LogP contribution in [0.4, 0.5) is 0 Å². The normalized spacial score (nSPS) is 31.0. The van der Waals surface area contributed by atoms with Crippen LogP contribution in [-0.2, 0) is 0 Å². The van der Waals surface area contributed by atoms with E-state index in [-0.39, 0.29) is 11.4 Å². The van der Waals surface area contributed by atoms with Crippen molar-refractivity contribution in [3.63, 3.8) is 0 Å². The van der Waals surface area contributed by atoms with Gasteiger partial charge in [0.05, 0.1) is 12.0 Å². The summed E-state index contributed by atoms with van der Waals surface area (Å²) in [4.78, 5) is 12.3. The molecule has 1 aromatic carbocycles. The predicted octanol–water partition coefficient (Wildman–Crippen LogP) is 2.47. The van der Waals surface area contributed by atoms with Gasteiger partial charge in [-0.15, -0.1) is 0 Å². The largest absolute Gasteiger partial charge is 0.486 e. The van der Waals surface area contributed by atoms with Gasteiger partial charge in [-0.3, -0.25) is 4.79 Å². The second kappa shape index (κ2) is 4.09. The van der Waals surface area contributed by atoms with Crippen LogP contribution >= 0.6 is 0 Å². The maximum Gasteiger partial charge on any atom is 0.170 e. The Morgan fingerprint density at radius 1 is 1.44 bits per heavy atom. The summed E-state index contributed by atoms with van der Waals surface area (Å²) in [6.07, 6.45) is 2.34. The molecule has 96 valence electrons. The number of carbonyl (C=O) groups excluding carboxylic acids is 1. The second-order valence-electron chi connectivity index (χ2n) is 5.69. The van der Waals surface area contributed by atoms with Crippen LogP contribution in [0.25, 0.3) is 0 Å². The van der Waals surface area contributed by atoms with Gasteiger partial charge in [0.1, 0.15) is 11.4 Å². The number of ketones is 1. The maximum absolute atomic E-state index is 12.3. The highest BCUT2D eigenvalue weighted by molar-refractivity contribution is 6.00. The Balaban J connectivity index is 1.97. The fraction of sp³-hybridized carbons (Fsp3) is 0.533. The van der Waals surface area contributed by atoms with Crippen molar-refractivity contribution in [3.05, 3.63) is 29.3 Å². The number of nitrogens with one attached hydrogen (secondary N) is 1. The van der Waals surface area contributed by atoms with Crippen LogP contribution in [0.15, 0.2) is 18.2 Å². The summed E-state index contributed by atoms with van der Waals surface area (Å²) in [5.74, 6) is 1.01. The summed E-state index contributed by atoms with van der Waals surface area (Å²) < 4.78 is 6.22. The molecule has 1 unspecified atom stereocenters. The van der Waals surface area contributed by atoms with Gasteiger partial charge in [-0.1, -0.05) is 6.07 Å². The molecule has 1 saturated heterocycles. The topological polar surface area (TPSA) is 38.3 Å². The second-order valence-corrected chi connectivity index (χ2v) is 5.69. The van der Waals surface area contributed by atoms with Crippen LogP contribution in [0.1, 0.15) is 42.1 Å². The first-order chi connectivity index (χ1) is 8.58. The molecule has 1 aromatic rings.